The third-order valence-electron chi connectivity index (χ3n) is 5.61. The van der Waals surface area contributed by atoms with Crippen LogP contribution < -0.4 is 15.2 Å². The van der Waals surface area contributed by atoms with E-state index in [1.54, 1.807) is 6.20 Å². The lowest BCUT2D eigenvalue weighted by molar-refractivity contribution is 0.200. The molecule has 0 saturated carbocycles. The largest absolute Gasteiger partial charge is 0.492 e. The van der Waals surface area contributed by atoms with E-state index in [1.165, 1.54) is 4.68 Å². The Morgan fingerprint density at radius 3 is 2.53 bits per heavy atom. The Morgan fingerprint density at radius 1 is 1.00 bits per heavy atom. The maximum Gasteiger partial charge on any atom is 0.295 e. The molecule has 0 aliphatic carbocycles. The number of nitrogens with one attached hydrogen (secondary N) is 1. The van der Waals surface area contributed by atoms with Gasteiger partial charge in [-0.05, 0) is 24.3 Å². The lowest BCUT2D eigenvalue weighted by atomic mass is 10.3. The van der Waals surface area contributed by atoms with E-state index in [0.717, 1.165) is 49.5 Å². The molecular formula is C23H23ClN6O2. The predicted molar refractivity (Wildman–Crippen MR) is 125 cm³/mol. The summed E-state index contributed by atoms with van der Waals surface area (Å²) in [6.45, 7) is 4.74. The fourth-order valence-corrected chi connectivity index (χ4v) is 4.11. The Morgan fingerprint density at radius 2 is 1.75 bits per heavy atom. The molecule has 4 aromatic rings. The number of imidazole rings is 1. The molecular weight excluding hydrogens is 428 g/mol. The second-order valence-electron chi connectivity index (χ2n) is 7.63. The van der Waals surface area contributed by atoms with Crippen LogP contribution in [0.4, 0.5) is 5.69 Å². The lowest BCUT2D eigenvalue weighted by Gasteiger charge is -2.36. The fourth-order valence-electron chi connectivity index (χ4n) is 3.86. The van der Waals surface area contributed by atoms with Gasteiger partial charge in [-0.2, -0.15) is 9.78 Å². The Balaban J connectivity index is 1.23. The van der Waals surface area contributed by atoms with Gasteiger partial charge in [-0.15, -0.1) is 0 Å². The van der Waals surface area contributed by atoms with Gasteiger partial charge < -0.3 is 14.6 Å². The van der Waals surface area contributed by atoms with Gasteiger partial charge in [-0.1, -0.05) is 41.9 Å². The van der Waals surface area contributed by atoms with Gasteiger partial charge in [0.15, 0.2) is 0 Å². The molecule has 0 spiro atoms. The van der Waals surface area contributed by atoms with Gasteiger partial charge in [0.2, 0.25) is 5.95 Å². The number of para-hydroxylation sites is 3. The number of aromatic amines is 1. The van der Waals surface area contributed by atoms with E-state index in [2.05, 4.69) is 24.9 Å². The first-order chi connectivity index (χ1) is 15.7. The van der Waals surface area contributed by atoms with E-state index < -0.39 is 0 Å². The van der Waals surface area contributed by atoms with Crippen LogP contribution in [-0.2, 0) is 0 Å². The third-order valence-corrected chi connectivity index (χ3v) is 5.97. The smallest absolute Gasteiger partial charge is 0.295 e. The normalized spacial score (nSPS) is 14.7. The van der Waals surface area contributed by atoms with E-state index in [0.29, 0.717) is 18.2 Å². The zero-order valence-corrected chi connectivity index (χ0v) is 18.2. The molecule has 0 atom stereocenters. The molecule has 0 bridgehead atoms. The van der Waals surface area contributed by atoms with Gasteiger partial charge in [-0.25, -0.2) is 4.98 Å². The van der Waals surface area contributed by atoms with Crippen LogP contribution >= 0.6 is 11.6 Å². The Kier molecular flexibility index (Phi) is 5.79. The van der Waals surface area contributed by atoms with Gasteiger partial charge >= 0.3 is 0 Å². The van der Waals surface area contributed by atoms with Crippen LogP contribution in [0.15, 0.2) is 65.6 Å². The molecule has 1 fully saturated rings. The molecule has 2 aromatic heterocycles. The number of aromatic nitrogens is 4. The Hall–Kier alpha value is -3.36. The number of nitrogens with zero attached hydrogens (tertiary/aromatic N) is 5. The summed E-state index contributed by atoms with van der Waals surface area (Å²) in [5.41, 5.74) is 1.87. The molecule has 1 aliphatic rings. The van der Waals surface area contributed by atoms with Crippen molar-refractivity contribution >= 4 is 28.3 Å². The number of halogens is 1. The third kappa shape index (κ3) is 4.19. The predicted octanol–water partition coefficient (Wildman–Crippen LogP) is 2.96. The SMILES string of the molecule is O=c1c(Cl)c(N2CCN(CCOc3ccccc3)CC2)cnn1-c1nc2ccccc2[nH]1. The van der Waals surface area contributed by atoms with Crippen LogP contribution in [0.25, 0.3) is 17.0 Å². The van der Waals surface area contributed by atoms with Crippen LogP contribution in [0, 0.1) is 0 Å². The number of H-pyrrole nitrogens is 1. The molecule has 5 rings (SSSR count). The number of piperazine rings is 1. The number of rotatable bonds is 6. The molecule has 0 radical (unpaired) electrons. The molecule has 0 amide bonds. The van der Waals surface area contributed by atoms with Gasteiger partial charge in [0, 0.05) is 32.7 Å². The lowest BCUT2D eigenvalue weighted by Crippen LogP contribution is -2.48. The average molecular weight is 451 g/mol. The summed E-state index contributed by atoms with van der Waals surface area (Å²) in [5.74, 6) is 1.24. The molecule has 164 valence electrons. The minimum absolute atomic E-state index is 0.154. The van der Waals surface area contributed by atoms with Gasteiger partial charge in [0.25, 0.3) is 5.56 Å². The molecule has 3 heterocycles. The number of anilines is 1. The quantitative estimate of drug-likeness (QED) is 0.486. The molecule has 8 nitrogen and oxygen atoms in total. The van der Waals surface area contributed by atoms with E-state index in [-0.39, 0.29) is 10.6 Å². The van der Waals surface area contributed by atoms with Crippen molar-refractivity contribution < 1.29 is 4.74 Å². The van der Waals surface area contributed by atoms with Crippen LogP contribution in [0.1, 0.15) is 0 Å². The highest BCUT2D eigenvalue weighted by Gasteiger charge is 2.22. The van der Waals surface area contributed by atoms with Gasteiger partial charge in [-0.3, -0.25) is 9.69 Å². The highest BCUT2D eigenvalue weighted by Crippen LogP contribution is 2.23. The summed E-state index contributed by atoms with van der Waals surface area (Å²) >= 11 is 6.48. The van der Waals surface area contributed by atoms with Crippen molar-refractivity contribution in [2.45, 2.75) is 0 Å². The summed E-state index contributed by atoms with van der Waals surface area (Å²) in [4.78, 5) is 24.9. The second-order valence-corrected chi connectivity index (χ2v) is 8.01. The summed E-state index contributed by atoms with van der Waals surface area (Å²) in [6, 6.07) is 17.4. The van der Waals surface area contributed by atoms with Crippen molar-refractivity contribution in [3.8, 4) is 11.7 Å². The van der Waals surface area contributed by atoms with E-state index in [1.807, 2.05) is 54.6 Å². The maximum atomic E-state index is 12.9. The van der Waals surface area contributed by atoms with E-state index in [4.69, 9.17) is 16.3 Å². The van der Waals surface area contributed by atoms with Crippen LogP contribution in [0.2, 0.25) is 5.02 Å². The molecule has 32 heavy (non-hydrogen) atoms. The topological polar surface area (TPSA) is 79.3 Å². The molecule has 0 unspecified atom stereocenters. The van der Waals surface area contributed by atoms with Gasteiger partial charge in [0.1, 0.15) is 17.4 Å². The Bertz CT molecular complexity index is 1230. The number of ether oxygens (including phenoxy) is 1. The monoisotopic (exact) mass is 450 g/mol. The van der Waals surface area contributed by atoms with Crippen molar-refractivity contribution in [1.29, 1.82) is 0 Å². The molecule has 1 N–H and O–H groups in total. The summed E-state index contributed by atoms with van der Waals surface area (Å²) in [7, 11) is 0. The van der Waals surface area contributed by atoms with E-state index in [9.17, 15) is 4.79 Å². The van der Waals surface area contributed by atoms with Crippen molar-refractivity contribution in [2.24, 2.45) is 0 Å². The van der Waals surface area contributed by atoms with Crippen LogP contribution in [0.3, 0.4) is 0 Å². The summed E-state index contributed by atoms with van der Waals surface area (Å²) < 4.78 is 7.00. The fraction of sp³-hybridized carbons (Fsp3) is 0.261. The molecule has 1 saturated heterocycles. The molecule has 2 aromatic carbocycles. The number of hydrogen-bond donors (Lipinski definition) is 1. The zero-order valence-electron chi connectivity index (χ0n) is 17.4. The highest BCUT2D eigenvalue weighted by atomic mass is 35.5. The minimum atomic E-state index is -0.387. The molecule has 9 heteroatoms. The van der Waals surface area contributed by atoms with Crippen molar-refractivity contribution in [2.75, 3.05) is 44.2 Å². The molecule has 1 aliphatic heterocycles. The zero-order chi connectivity index (χ0) is 21.9. The Labute approximate surface area is 190 Å². The van der Waals surface area contributed by atoms with Gasteiger partial charge in [0.05, 0.1) is 22.9 Å². The summed E-state index contributed by atoms with van der Waals surface area (Å²) in [5, 5.41) is 4.49. The first-order valence-electron chi connectivity index (χ1n) is 10.6. The first kappa shape index (κ1) is 20.5. The van der Waals surface area contributed by atoms with E-state index >= 15 is 0 Å². The summed E-state index contributed by atoms with van der Waals surface area (Å²) in [6.07, 6.45) is 1.64. The first-order valence-corrected chi connectivity index (χ1v) is 10.9. The maximum absolute atomic E-state index is 12.9. The standard InChI is InChI=1S/C23H23ClN6O2/c24-21-20(16-25-30(22(21)31)23-26-18-8-4-5-9-19(18)27-23)29-12-10-28(11-13-29)14-15-32-17-6-2-1-3-7-17/h1-9,16H,10-15H2,(H,26,27). The number of hydrogen-bond acceptors (Lipinski definition) is 6. The van der Waals surface area contributed by atoms with Crippen LogP contribution in [-0.4, -0.2) is 64.0 Å². The second kappa shape index (κ2) is 9.02. The minimum Gasteiger partial charge on any atom is -0.492 e. The number of benzene rings is 2. The number of fused-ring (bicyclic) bond motifs is 1. The van der Waals surface area contributed by atoms with Crippen molar-refractivity contribution in [3.05, 3.63) is 76.2 Å². The van der Waals surface area contributed by atoms with Crippen LogP contribution in [0.5, 0.6) is 5.75 Å². The average Bonchev–Trinajstić information content (AvgIpc) is 3.26. The van der Waals surface area contributed by atoms with Crippen molar-refractivity contribution in [3.63, 3.8) is 0 Å². The highest BCUT2D eigenvalue weighted by molar-refractivity contribution is 6.33. The van der Waals surface area contributed by atoms with Crippen molar-refractivity contribution in [1.82, 2.24) is 24.6 Å².